The number of halogens is 3. The molecule has 0 aromatic heterocycles. The highest BCUT2D eigenvalue weighted by atomic mass is 19.2. The molecule has 0 bridgehead atoms. The summed E-state index contributed by atoms with van der Waals surface area (Å²) in [6.45, 7) is -0.281. The van der Waals surface area contributed by atoms with Crippen LogP contribution in [0, 0.1) is 5.82 Å². The Morgan fingerprint density at radius 3 is 2.60 bits per heavy atom. The zero-order valence-electron chi connectivity index (χ0n) is 16.0. The van der Waals surface area contributed by atoms with Crippen LogP contribution >= 0.6 is 0 Å². The first-order valence-electron chi connectivity index (χ1n) is 9.04. The Kier molecular flexibility index (Phi) is 7.77. The van der Waals surface area contributed by atoms with Crippen LogP contribution in [0.25, 0.3) is 0 Å². The van der Waals surface area contributed by atoms with Crippen LogP contribution in [0.5, 0.6) is 0 Å². The lowest BCUT2D eigenvalue weighted by Crippen LogP contribution is -2.74. The van der Waals surface area contributed by atoms with E-state index in [1.807, 2.05) is 0 Å². The third-order valence-electron chi connectivity index (χ3n) is 4.71. The summed E-state index contributed by atoms with van der Waals surface area (Å²) in [4.78, 5) is 23.8. The van der Waals surface area contributed by atoms with Crippen LogP contribution in [-0.4, -0.2) is 76.2 Å². The van der Waals surface area contributed by atoms with Gasteiger partial charge in [-0.25, -0.2) is 8.78 Å². The molecule has 1 aromatic rings. The van der Waals surface area contributed by atoms with Gasteiger partial charge < -0.3 is 36.4 Å². The molecule has 1 aliphatic heterocycles. The molecule has 0 saturated carbocycles. The molecule has 168 valence electrons. The maximum Gasteiger partial charge on any atom is 0.321 e. The van der Waals surface area contributed by atoms with Gasteiger partial charge in [0, 0.05) is 13.5 Å². The number of ether oxygens (including phenoxy) is 1. The van der Waals surface area contributed by atoms with Gasteiger partial charge in [0.1, 0.15) is 24.1 Å². The van der Waals surface area contributed by atoms with Gasteiger partial charge in [-0.05, 0) is 17.7 Å². The van der Waals surface area contributed by atoms with Crippen molar-refractivity contribution in [3.63, 3.8) is 0 Å². The molecule has 0 spiro atoms. The molecular formula is C18H24F3N3O6. The average molecular weight is 435 g/mol. The summed E-state index contributed by atoms with van der Waals surface area (Å²) in [6, 6.07) is 1.65. The van der Waals surface area contributed by atoms with Crippen LogP contribution in [0.2, 0.25) is 0 Å². The van der Waals surface area contributed by atoms with Crippen molar-refractivity contribution >= 4 is 11.8 Å². The zero-order valence-corrected chi connectivity index (χ0v) is 16.0. The number of aliphatic hydroxyl groups excluding tert-OH is 3. The molecule has 0 aliphatic carbocycles. The normalized spacial score (nSPS) is 30.9. The predicted octanol–water partition coefficient (Wildman–Crippen LogP) is -1.61. The monoisotopic (exact) mass is 435 g/mol. The lowest BCUT2D eigenvalue weighted by molar-refractivity contribution is -0.267. The lowest BCUT2D eigenvalue weighted by Gasteiger charge is -2.46. The molecule has 0 unspecified atom stereocenters. The Morgan fingerprint density at radius 1 is 1.37 bits per heavy atom. The number of rotatable bonds is 7. The molecule has 1 aromatic carbocycles. The topological polar surface area (TPSA) is 154 Å². The first kappa shape index (κ1) is 24.0. The van der Waals surface area contributed by atoms with Crippen LogP contribution in [0.1, 0.15) is 12.5 Å². The van der Waals surface area contributed by atoms with Crippen LogP contribution < -0.4 is 16.4 Å². The SMILES string of the molecule is CC(=O)N[C@@H]1[C@@H](N)[C@@H](F)[C@](F)(C(=O)NCc2cccc(F)c2)O[C@H]1[C@H](O)[C@H](O)CO. The summed E-state index contributed by atoms with van der Waals surface area (Å²) < 4.78 is 48.3. The fourth-order valence-corrected chi connectivity index (χ4v) is 3.14. The first-order chi connectivity index (χ1) is 14.0. The van der Waals surface area contributed by atoms with E-state index in [0.29, 0.717) is 0 Å². The minimum Gasteiger partial charge on any atom is -0.394 e. The second-order valence-electron chi connectivity index (χ2n) is 6.99. The molecular weight excluding hydrogens is 411 g/mol. The van der Waals surface area contributed by atoms with Gasteiger partial charge in [0.25, 0.3) is 5.91 Å². The van der Waals surface area contributed by atoms with Gasteiger partial charge >= 0.3 is 5.85 Å². The minimum absolute atomic E-state index is 0.255. The van der Waals surface area contributed by atoms with Gasteiger partial charge in [0.15, 0.2) is 6.17 Å². The molecule has 9 nitrogen and oxygen atoms in total. The van der Waals surface area contributed by atoms with Crippen molar-refractivity contribution in [1.82, 2.24) is 10.6 Å². The Balaban J connectivity index is 2.26. The second kappa shape index (κ2) is 9.71. The Labute approximate surface area is 170 Å². The number of nitrogens with one attached hydrogen (secondary N) is 2. The first-order valence-corrected chi connectivity index (χ1v) is 9.04. The van der Waals surface area contributed by atoms with Crippen LogP contribution in [0.3, 0.4) is 0 Å². The zero-order chi connectivity index (χ0) is 22.6. The Morgan fingerprint density at radius 2 is 2.03 bits per heavy atom. The molecule has 1 heterocycles. The van der Waals surface area contributed by atoms with Crippen molar-refractivity contribution in [2.24, 2.45) is 5.73 Å². The fourth-order valence-electron chi connectivity index (χ4n) is 3.14. The predicted molar refractivity (Wildman–Crippen MR) is 96.5 cm³/mol. The number of hydrogen-bond acceptors (Lipinski definition) is 7. The van der Waals surface area contributed by atoms with Crippen LogP contribution in [0.15, 0.2) is 24.3 Å². The lowest BCUT2D eigenvalue weighted by atomic mass is 9.86. The van der Waals surface area contributed by atoms with Crippen molar-refractivity contribution < 1.29 is 42.8 Å². The van der Waals surface area contributed by atoms with Gasteiger partial charge in [-0.15, -0.1) is 0 Å². The van der Waals surface area contributed by atoms with Gasteiger partial charge in [-0.2, -0.15) is 4.39 Å². The summed E-state index contributed by atoms with van der Waals surface area (Å²) >= 11 is 0. The molecule has 0 radical (unpaired) electrons. The summed E-state index contributed by atoms with van der Waals surface area (Å²) in [7, 11) is 0. The molecule has 1 fully saturated rings. The molecule has 1 aliphatic rings. The highest BCUT2D eigenvalue weighted by molar-refractivity contribution is 5.84. The fraction of sp³-hybridized carbons (Fsp3) is 0.556. The van der Waals surface area contributed by atoms with E-state index in [2.05, 4.69) is 10.6 Å². The molecule has 30 heavy (non-hydrogen) atoms. The van der Waals surface area contributed by atoms with Gasteiger partial charge in [0.2, 0.25) is 5.91 Å². The number of benzene rings is 1. The maximum absolute atomic E-state index is 15.3. The standard InChI is InChI=1S/C18H24F3N3O6/c1-8(26)24-13-12(22)16(20)18(21,30-15(13)14(28)11(27)7-25)17(29)23-6-9-3-2-4-10(19)5-9/h2-5,11-16,25,27-28H,6-7,22H2,1H3,(H,23,29)(H,24,26)/t11-,12-,13-,14-,15-,16-,18-/m1/s1. The highest BCUT2D eigenvalue weighted by Crippen LogP contribution is 2.35. The summed E-state index contributed by atoms with van der Waals surface area (Å²) in [5.74, 6) is -6.60. The molecule has 12 heteroatoms. The van der Waals surface area contributed by atoms with Crippen molar-refractivity contribution in [1.29, 1.82) is 0 Å². The van der Waals surface area contributed by atoms with E-state index >= 15 is 4.39 Å². The van der Waals surface area contributed by atoms with E-state index in [1.54, 1.807) is 0 Å². The van der Waals surface area contributed by atoms with Gasteiger partial charge in [-0.3, -0.25) is 9.59 Å². The number of carbonyl (C=O) groups is 2. The van der Waals surface area contributed by atoms with Crippen LogP contribution in [-0.2, 0) is 20.9 Å². The largest absolute Gasteiger partial charge is 0.394 e. The number of hydrogen-bond donors (Lipinski definition) is 6. The third-order valence-corrected chi connectivity index (χ3v) is 4.71. The van der Waals surface area contributed by atoms with E-state index in [-0.39, 0.29) is 12.1 Å². The minimum atomic E-state index is -3.69. The molecule has 7 atom stereocenters. The third kappa shape index (κ3) is 5.08. The number of alkyl halides is 2. The van der Waals surface area contributed by atoms with Gasteiger partial charge in [0.05, 0.1) is 18.7 Å². The average Bonchev–Trinajstić information content (AvgIpc) is 2.71. The second-order valence-corrected chi connectivity index (χ2v) is 6.99. The summed E-state index contributed by atoms with van der Waals surface area (Å²) in [6.07, 6.45) is -8.51. The van der Waals surface area contributed by atoms with E-state index in [0.717, 1.165) is 19.1 Å². The van der Waals surface area contributed by atoms with E-state index in [4.69, 9.17) is 15.6 Å². The summed E-state index contributed by atoms with van der Waals surface area (Å²) in [5.41, 5.74) is 5.94. The number of carbonyl (C=O) groups excluding carboxylic acids is 2. The van der Waals surface area contributed by atoms with Crippen molar-refractivity contribution in [2.45, 2.75) is 55.9 Å². The van der Waals surface area contributed by atoms with E-state index in [1.165, 1.54) is 12.1 Å². The summed E-state index contributed by atoms with van der Waals surface area (Å²) in [5, 5.41) is 33.1. The van der Waals surface area contributed by atoms with Crippen molar-refractivity contribution in [2.75, 3.05) is 6.61 Å². The molecule has 2 rings (SSSR count). The smallest absolute Gasteiger partial charge is 0.321 e. The quantitative estimate of drug-likeness (QED) is 0.301. The number of aliphatic hydroxyl groups is 3. The Hall–Kier alpha value is -2.25. The molecule has 1 saturated heterocycles. The van der Waals surface area contributed by atoms with Crippen molar-refractivity contribution in [3.05, 3.63) is 35.6 Å². The molecule has 2 amide bonds. The van der Waals surface area contributed by atoms with Gasteiger partial charge in [-0.1, -0.05) is 12.1 Å². The molecule has 7 N–H and O–H groups in total. The number of amides is 2. The maximum atomic E-state index is 15.3. The number of nitrogens with two attached hydrogens (primary N) is 1. The van der Waals surface area contributed by atoms with Crippen LogP contribution in [0.4, 0.5) is 13.2 Å². The Bertz CT molecular complexity index is 772. The van der Waals surface area contributed by atoms with E-state index < -0.39 is 66.7 Å². The highest BCUT2D eigenvalue weighted by Gasteiger charge is 2.61. The van der Waals surface area contributed by atoms with Crippen molar-refractivity contribution in [3.8, 4) is 0 Å². The van der Waals surface area contributed by atoms with E-state index in [9.17, 15) is 28.6 Å².